The molecular weight excluding hydrogens is 739 g/mol. The van der Waals surface area contributed by atoms with Crippen LogP contribution in [0, 0.1) is 0 Å². The molecule has 0 aromatic carbocycles. The van der Waals surface area contributed by atoms with Crippen LogP contribution in [0.2, 0.25) is 0 Å². The van der Waals surface area contributed by atoms with Crippen LogP contribution in [-0.4, -0.2) is 53.3 Å². The highest BCUT2D eigenvalue weighted by Gasteiger charge is 2.35. The maximum atomic E-state index is 12.4. The molecule has 0 amide bonds. The van der Waals surface area contributed by atoms with Crippen molar-refractivity contribution in [3.8, 4) is 0 Å². The lowest BCUT2D eigenvalue weighted by Gasteiger charge is -2.18. The van der Waals surface area contributed by atoms with Crippen LogP contribution < -0.4 is 0 Å². The predicted molar refractivity (Wildman–Crippen MR) is 234 cm³/mol. The van der Waals surface area contributed by atoms with Crippen molar-refractivity contribution < 1.29 is 42.7 Å². The molecule has 0 radical (unpaired) electrons. The summed E-state index contributed by atoms with van der Waals surface area (Å²) in [4.78, 5) is 42.9. The van der Waals surface area contributed by atoms with Crippen LogP contribution in [0.25, 0.3) is 0 Å². The molecule has 0 aromatic heterocycles. The summed E-state index contributed by atoms with van der Waals surface area (Å²) in [6.45, 7) is 3.47. The molecule has 0 aliphatic carbocycles. The number of carbonyl (C=O) groups is 2. The van der Waals surface area contributed by atoms with E-state index in [1.165, 1.54) is 57.8 Å². The van der Waals surface area contributed by atoms with E-state index in [2.05, 4.69) is 91.3 Å². The number of esters is 2. The van der Waals surface area contributed by atoms with E-state index < -0.39 is 32.5 Å². The van der Waals surface area contributed by atoms with E-state index in [0.29, 0.717) is 25.0 Å². The third-order valence-corrected chi connectivity index (χ3v) is 9.80. The Balaban J connectivity index is 2.10. The Bertz CT molecular complexity index is 1260. The van der Waals surface area contributed by atoms with Gasteiger partial charge < -0.3 is 24.0 Å². The first-order valence-electron chi connectivity index (χ1n) is 22.0. The number of phosphoric acid groups is 1. The first-order valence-corrected chi connectivity index (χ1v) is 23.5. The van der Waals surface area contributed by atoms with Crippen molar-refractivity contribution in [3.05, 3.63) is 85.1 Å². The molecule has 3 atom stereocenters. The Hall–Kier alpha value is -2.81. The van der Waals surface area contributed by atoms with Gasteiger partial charge in [-0.05, 0) is 83.5 Å². The van der Waals surface area contributed by atoms with Gasteiger partial charge in [0.25, 0.3) is 0 Å². The summed E-state index contributed by atoms with van der Waals surface area (Å²) in [5.41, 5.74) is 0. The highest BCUT2D eigenvalue weighted by molar-refractivity contribution is 7.46. The Kier molecular flexibility index (Phi) is 34.3. The first kappa shape index (κ1) is 52.2. The number of rotatable bonds is 38. The number of allylic oxidation sites excluding steroid dienone is 12. The van der Waals surface area contributed by atoms with Crippen LogP contribution in [0.15, 0.2) is 85.1 Å². The van der Waals surface area contributed by atoms with Crippen LogP contribution in [0.1, 0.15) is 168 Å². The molecule has 0 bridgehead atoms. The summed E-state index contributed by atoms with van der Waals surface area (Å²) < 4.78 is 32.0. The van der Waals surface area contributed by atoms with E-state index in [4.69, 9.17) is 24.0 Å². The summed E-state index contributed by atoms with van der Waals surface area (Å²) in [6.07, 6.45) is 53.5. The van der Waals surface area contributed by atoms with E-state index >= 15 is 0 Å². The molecule has 1 rings (SSSR count). The SMILES string of the molecule is CC/C=C\CC1OC1C/C=C\C/C=C\C/C=C\C/C=C\CCC(=O)OC[C@H](COP(=O)(O)O)OC(=O)CCCCCCCCCCC/C=C\C/C=C\CCCCC. The highest BCUT2D eigenvalue weighted by atomic mass is 31.2. The fourth-order valence-corrected chi connectivity index (χ4v) is 6.30. The lowest BCUT2D eigenvalue weighted by Crippen LogP contribution is -2.29. The Morgan fingerprint density at radius 2 is 1.04 bits per heavy atom. The molecule has 0 aromatic rings. The first-order chi connectivity index (χ1) is 27.7. The van der Waals surface area contributed by atoms with Gasteiger partial charge >= 0.3 is 19.8 Å². The van der Waals surface area contributed by atoms with Gasteiger partial charge in [0.05, 0.1) is 18.8 Å². The molecule has 57 heavy (non-hydrogen) atoms. The number of phosphoric ester groups is 1. The van der Waals surface area contributed by atoms with Gasteiger partial charge in [-0.25, -0.2) is 4.57 Å². The summed E-state index contributed by atoms with van der Waals surface area (Å²) in [7, 11) is -4.78. The fourth-order valence-electron chi connectivity index (χ4n) is 5.94. The maximum absolute atomic E-state index is 12.4. The zero-order chi connectivity index (χ0) is 41.5. The minimum Gasteiger partial charge on any atom is -0.462 e. The van der Waals surface area contributed by atoms with Crippen molar-refractivity contribution in [1.82, 2.24) is 0 Å². The van der Waals surface area contributed by atoms with Gasteiger partial charge in [-0.1, -0.05) is 157 Å². The monoisotopic (exact) mass is 817 g/mol. The summed E-state index contributed by atoms with van der Waals surface area (Å²) in [6, 6.07) is 0. The van der Waals surface area contributed by atoms with Crippen molar-refractivity contribution in [1.29, 1.82) is 0 Å². The van der Waals surface area contributed by atoms with E-state index in [-0.39, 0.29) is 19.4 Å². The zero-order valence-electron chi connectivity index (χ0n) is 35.4. The van der Waals surface area contributed by atoms with E-state index in [9.17, 15) is 14.2 Å². The number of epoxide rings is 1. The second-order valence-corrected chi connectivity index (χ2v) is 15.9. The lowest BCUT2D eigenvalue weighted by atomic mass is 10.1. The van der Waals surface area contributed by atoms with Gasteiger partial charge in [0.15, 0.2) is 6.10 Å². The molecule has 10 heteroatoms. The van der Waals surface area contributed by atoms with Crippen LogP contribution in [0.4, 0.5) is 0 Å². The topological polar surface area (TPSA) is 132 Å². The third kappa shape index (κ3) is 37.2. The van der Waals surface area contributed by atoms with Crippen molar-refractivity contribution >= 4 is 19.8 Å². The number of hydrogen-bond acceptors (Lipinski definition) is 7. The van der Waals surface area contributed by atoms with E-state index in [1.807, 2.05) is 12.2 Å². The van der Waals surface area contributed by atoms with Gasteiger partial charge in [0, 0.05) is 12.8 Å². The van der Waals surface area contributed by atoms with E-state index in [1.54, 1.807) is 0 Å². The molecule has 0 spiro atoms. The smallest absolute Gasteiger partial charge is 0.462 e. The normalized spacial score (nSPS) is 16.8. The highest BCUT2D eigenvalue weighted by Crippen LogP contribution is 2.36. The van der Waals surface area contributed by atoms with Crippen molar-refractivity contribution in [2.24, 2.45) is 0 Å². The number of hydrogen-bond donors (Lipinski definition) is 2. The number of carbonyl (C=O) groups excluding carboxylic acids is 2. The van der Waals surface area contributed by atoms with Crippen molar-refractivity contribution in [2.45, 2.75) is 186 Å². The molecule has 1 aliphatic rings. The zero-order valence-corrected chi connectivity index (χ0v) is 36.3. The Morgan fingerprint density at radius 3 is 1.58 bits per heavy atom. The molecule has 324 valence electrons. The van der Waals surface area contributed by atoms with Crippen LogP contribution >= 0.6 is 7.82 Å². The molecule has 1 saturated heterocycles. The molecule has 0 saturated carbocycles. The molecular formula is C47H77O9P. The van der Waals surface area contributed by atoms with E-state index in [0.717, 1.165) is 70.6 Å². The summed E-state index contributed by atoms with van der Waals surface area (Å²) in [5, 5.41) is 0. The second kappa shape index (κ2) is 37.5. The van der Waals surface area contributed by atoms with Gasteiger partial charge in [-0.15, -0.1) is 0 Å². The molecule has 2 unspecified atom stereocenters. The standard InChI is InChI=1S/C47H77O9P/c1-3-5-7-8-9-10-11-12-13-14-15-16-17-18-23-26-29-32-36-40-47(49)55-43(42-54-57(50,51)52)41-53-46(48)39-35-31-28-25-22-20-19-21-24-27-30-34-38-45-44(56-45)37-33-6-4-2/h6,9-10,12-13,20-22,24,28,30-31,33-34,43-45H,3-5,7-8,11,14-19,23,25-27,29,32,35-42H2,1-2H3,(H2,50,51,52)/b10-9-,13-12-,22-20-,24-21-,31-28-,33-6-,34-30-/t43-,44?,45?/m1/s1. The van der Waals surface area contributed by atoms with Gasteiger partial charge in [-0.3, -0.25) is 14.1 Å². The van der Waals surface area contributed by atoms with Gasteiger partial charge in [0.2, 0.25) is 0 Å². The van der Waals surface area contributed by atoms with Crippen LogP contribution in [0.3, 0.4) is 0 Å². The Labute approximate surface area is 346 Å². The molecule has 1 aliphatic heterocycles. The van der Waals surface area contributed by atoms with Crippen LogP contribution in [0.5, 0.6) is 0 Å². The lowest BCUT2D eigenvalue weighted by molar-refractivity contribution is -0.161. The largest absolute Gasteiger partial charge is 0.469 e. The summed E-state index contributed by atoms with van der Waals surface area (Å²) in [5.74, 6) is -0.997. The fraction of sp³-hybridized carbons (Fsp3) is 0.660. The third-order valence-electron chi connectivity index (χ3n) is 9.31. The molecule has 1 fully saturated rings. The van der Waals surface area contributed by atoms with Gasteiger partial charge in [0.1, 0.15) is 6.61 Å². The van der Waals surface area contributed by atoms with Crippen molar-refractivity contribution in [3.63, 3.8) is 0 Å². The minimum absolute atomic E-state index is 0.134. The predicted octanol–water partition coefficient (Wildman–Crippen LogP) is 12.6. The average molecular weight is 817 g/mol. The maximum Gasteiger partial charge on any atom is 0.469 e. The molecule has 1 heterocycles. The molecule has 9 nitrogen and oxygen atoms in total. The van der Waals surface area contributed by atoms with Crippen molar-refractivity contribution in [2.75, 3.05) is 13.2 Å². The number of ether oxygens (including phenoxy) is 3. The summed E-state index contributed by atoms with van der Waals surface area (Å²) >= 11 is 0. The van der Waals surface area contributed by atoms with Gasteiger partial charge in [-0.2, -0.15) is 0 Å². The van der Waals surface area contributed by atoms with Crippen LogP contribution in [-0.2, 0) is 32.9 Å². The quantitative estimate of drug-likeness (QED) is 0.0205. The second-order valence-electron chi connectivity index (χ2n) is 14.7. The Morgan fingerprint density at radius 1 is 0.561 bits per heavy atom. The number of unbranched alkanes of at least 4 members (excludes halogenated alkanes) is 12. The molecule has 2 N–H and O–H groups in total. The minimum atomic E-state index is -4.78. The average Bonchev–Trinajstić information content (AvgIpc) is 3.94.